The topological polar surface area (TPSA) is 88.0 Å². The summed E-state index contributed by atoms with van der Waals surface area (Å²) < 4.78 is 70.6. The Kier molecular flexibility index (Phi) is 6.08. The summed E-state index contributed by atoms with van der Waals surface area (Å²) in [4.78, 5) is 17.5. The van der Waals surface area contributed by atoms with E-state index in [0.29, 0.717) is 22.6 Å². The molecule has 4 aromatic rings. The van der Waals surface area contributed by atoms with Gasteiger partial charge in [0.05, 0.1) is 11.8 Å². The molecule has 1 atom stereocenters. The molecule has 1 aliphatic rings. The number of nitriles is 1. The van der Waals surface area contributed by atoms with Crippen LogP contribution < -0.4 is 5.32 Å². The fraction of sp³-hybridized carbons (Fsp3) is 0.241. The fourth-order valence-electron chi connectivity index (χ4n) is 4.70. The van der Waals surface area contributed by atoms with E-state index in [4.69, 9.17) is 0 Å². The SMILES string of the molecule is Cc1ccc(-n2ccn3nc(-c4cccnc4)cc23)cc1NC(=O)C1=CC(C(C)(C)C)=CC(C#N)(S(F)(F)(F)(F)F)C1. The molecule has 1 N–H and O–H groups in total. The highest BCUT2D eigenvalue weighted by molar-refractivity contribution is 8.47. The maximum absolute atomic E-state index is 14.3. The van der Waals surface area contributed by atoms with Gasteiger partial charge in [0.2, 0.25) is 4.75 Å². The van der Waals surface area contributed by atoms with Crippen LogP contribution in [0.25, 0.3) is 22.6 Å². The van der Waals surface area contributed by atoms with Gasteiger partial charge in [-0.05, 0) is 59.9 Å². The van der Waals surface area contributed by atoms with Crippen LogP contribution in [0.2, 0.25) is 0 Å². The lowest BCUT2D eigenvalue weighted by Crippen LogP contribution is -2.42. The molecule has 0 aliphatic heterocycles. The van der Waals surface area contributed by atoms with Crippen molar-refractivity contribution in [2.24, 2.45) is 5.41 Å². The second kappa shape index (κ2) is 8.78. The third-order valence-electron chi connectivity index (χ3n) is 7.23. The summed E-state index contributed by atoms with van der Waals surface area (Å²) in [6.07, 6.45) is 6.77. The lowest BCUT2D eigenvalue weighted by molar-refractivity contribution is -0.113. The minimum atomic E-state index is -10.4. The van der Waals surface area contributed by atoms with Gasteiger partial charge in [0.1, 0.15) is 5.65 Å². The third kappa shape index (κ3) is 5.07. The molecule has 42 heavy (non-hydrogen) atoms. The van der Waals surface area contributed by atoms with E-state index in [1.54, 1.807) is 65.1 Å². The van der Waals surface area contributed by atoms with Gasteiger partial charge < -0.3 is 9.88 Å². The van der Waals surface area contributed by atoms with Gasteiger partial charge in [0.25, 0.3) is 5.91 Å². The number of aryl methyl sites for hydroxylation is 1. The van der Waals surface area contributed by atoms with E-state index in [1.165, 1.54) is 20.8 Å². The number of fused-ring (bicyclic) bond motifs is 1. The summed E-state index contributed by atoms with van der Waals surface area (Å²) in [5.41, 5.74) is 1.85. The Morgan fingerprint density at radius 3 is 2.48 bits per heavy atom. The number of halogens is 5. The summed E-state index contributed by atoms with van der Waals surface area (Å²) in [6.45, 7) is 6.25. The molecule has 0 saturated heterocycles. The maximum Gasteiger partial charge on any atom is 0.306 e. The first-order valence-electron chi connectivity index (χ1n) is 12.8. The van der Waals surface area contributed by atoms with E-state index >= 15 is 0 Å². The Morgan fingerprint density at radius 1 is 1.12 bits per heavy atom. The number of rotatable bonds is 5. The molecular formula is C29H27F5N6OS. The molecule has 5 rings (SSSR count). The monoisotopic (exact) mass is 602 g/mol. The lowest BCUT2D eigenvalue weighted by Gasteiger charge is -2.52. The van der Waals surface area contributed by atoms with Crippen LogP contribution in [0.3, 0.4) is 0 Å². The third-order valence-corrected chi connectivity index (χ3v) is 8.96. The van der Waals surface area contributed by atoms with E-state index in [9.17, 15) is 29.5 Å². The van der Waals surface area contributed by atoms with Crippen LogP contribution in [-0.4, -0.2) is 29.8 Å². The molecule has 220 valence electrons. The van der Waals surface area contributed by atoms with E-state index < -0.39 is 38.3 Å². The number of carbonyl (C=O) groups is 1. The van der Waals surface area contributed by atoms with Gasteiger partial charge in [-0.25, -0.2) is 4.52 Å². The van der Waals surface area contributed by atoms with Crippen molar-refractivity contribution in [3.05, 3.63) is 90.0 Å². The Morgan fingerprint density at radius 2 is 1.86 bits per heavy atom. The molecule has 3 heterocycles. The van der Waals surface area contributed by atoms with Gasteiger partial charge in [-0.2, -0.15) is 10.4 Å². The van der Waals surface area contributed by atoms with Crippen molar-refractivity contribution in [3.8, 4) is 23.0 Å². The van der Waals surface area contributed by atoms with E-state index in [1.807, 2.05) is 12.1 Å². The average Bonchev–Trinajstić information content (AvgIpc) is 3.49. The van der Waals surface area contributed by atoms with Crippen LogP contribution in [0.5, 0.6) is 0 Å². The number of hydrogen-bond donors (Lipinski definition) is 1. The molecule has 0 saturated carbocycles. The zero-order valence-corrected chi connectivity index (χ0v) is 23.9. The molecule has 0 spiro atoms. The molecule has 3 aromatic heterocycles. The molecular weight excluding hydrogens is 575 g/mol. The molecule has 13 heteroatoms. The van der Waals surface area contributed by atoms with Crippen molar-refractivity contribution in [2.75, 3.05) is 5.32 Å². The summed E-state index contributed by atoms with van der Waals surface area (Å²) in [6, 6.07) is 11.5. The highest BCUT2D eigenvalue weighted by Crippen LogP contribution is 3.04. The van der Waals surface area contributed by atoms with Gasteiger partial charge >= 0.3 is 10.2 Å². The number of pyridine rings is 1. The van der Waals surface area contributed by atoms with E-state index in [2.05, 4.69) is 15.4 Å². The van der Waals surface area contributed by atoms with Crippen LogP contribution >= 0.6 is 10.2 Å². The van der Waals surface area contributed by atoms with E-state index in [0.717, 1.165) is 17.7 Å². The first kappa shape index (κ1) is 29.1. The number of anilines is 1. The van der Waals surface area contributed by atoms with Crippen molar-refractivity contribution >= 4 is 27.5 Å². The molecule has 0 radical (unpaired) electrons. The molecule has 1 unspecified atom stereocenters. The van der Waals surface area contributed by atoms with Crippen molar-refractivity contribution in [1.82, 2.24) is 19.2 Å². The molecule has 1 aromatic carbocycles. The van der Waals surface area contributed by atoms with Crippen LogP contribution in [0.15, 0.2) is 84.5 Å². The second-order valence-electron chi connectivity index (χ2n) is 11.4. The molecule has 7 nitrogen and oxygen atoms in total. The highest BCUT2D eigenvalue weighted by Gasteiger charge is 2.79. The standard InChI is InChI=1S/C29H27F5N6OS/c1-19-7-8-23(39-10-11-40-26(39)14-25(38-40)20-6-5-9-36-17-20)13-24(19)37-27(41)21-12-22(28(2,3)4)16-29(15-21,18-35)42(30,31,32,33)34/h5-14,16-17H,15H2,1-4H3,(H,37,41). The zero-order chi connectivity index (χ0) is 30.8. The number of imidazole rings is 1. The average molecular weight is 603 g/mol. The quantitative estimate of drug-likeness (QED) is 0.233. The maximum atomic E-state index is 14.3. The van der Waals surface area contributed by atoms with Crippen LogP contribution in [-0.2, 0) is 4.79 Å². The summed E-state index contributed by atoms with van der Waals surface area (Å²) >= 11 is 0. The van der Waals surface area contributed by atoms with E-state index in [-0.39, 0.29) is 17.3 Å². The molecule has 1 amide bonds. The number of carbonyl (C=O) groups excluding carboxylic acids is 1. The van der Waals surface area contributed by atoms with Crippen LogP contribution in [0.1, 0.15) is 32.8 Å². The highest BCUT2D eigenvalue weighted by atomic mass is 32.5. The summed E-state index contributed by atoms with van der Waals surface area (Å²) in [7, 11) is -10.4. The van der Waals surface area contributed by atoms with Gasteiger partial charge in [-0.1, -0.05) is 46.3 Å². The number of hydrogen-bond acceptors (Lipinski definition) is 4. The van der Waals surface area contributed by atoms with Crippen molar-refractivity contribution in [1.29, 1.82) is 5.26 Å². The number of nitrogens with one attached hydrogen (secondary N) is 1. The van der Waals surface area contributed by atoms with Crippen molar-refractivity contribution in [2.45, 2.75) is 38.9 Å². The normalized spacial score (nSPS) is 19.3. The number of allylic oxidation sites excluding steroid dienone is 2. The van der Waals surface area contributed by atoms with Gasteiger partial charge in [-0.15, -0.1) is 0 Å². The zero-order valence-electron chi connectivity index (χ0n) is 23.1. The van der Waals surface area contributed by atoms with Gasteiger partial charge in [0.15, 0.2) is 0 Å². The minimum absolute atomic E-state index is 0.181. The Bertz CT molecular complexity index is 1840. The van der Waals surface area contributed by atoms with Crippen molar-refractivity contribution < 1.29 is 24.2 Å². The Hall–Kier alpha value is -4.44. The predicted molar refractivity (Wildman–Crippen MR) is 153 cm³/mol. The van der Waals surface area contributed by atoms with Gasteiger partial charge in [-0.3, -0.25) is 9.78 Å². The molecule has 1 aliphatic carbocycles. The minimum Gasteiger partial charge on any atom is -0.322 e. The summed E-state index contributed by atoms with van der Waals surface area (Å²) in [5, 5.41) is 16.6. The number of benzene rings is 1. The Labute approximate surface area is 238 Å². The van der Waals surface area contributed by atoms with Crippen LogP contribution in [0.4, 0.5) is 25.1 Å². The fourth-order valence-corrected chi connectivity index (χ4v) is 5.65. The molecule has 0 bridgehead atoms. The molecule has 0 fully saturated rings. The number of aromatic nitrogens is 4. The lowest BCUT2D eigenvalue weighted by atomic mass is 9.78. The van der Waals surface area contributed by atoms with Gasteiger partial charge in [0, 0.05) is 59.8 Å². The predicted octanol–water partition coefficient (Wildman–Crippen LogP) is 8.30. The first-order chi connectivity index (χ1) is 19.3. The summed E-state index contributed by atoms with van der Waals surface area (Å²) in [5.74, 6) is -1.01. The smallest absolute Gasteiger partial charge is 0.306 e. The second-order valence-corrected chi connectivity index (χ2v) is 14.0. The van der Waals surface area contributed by atoms with Crippen molar-refractivity contribution in [3.63, 3.8) is 0 Å². The first-order valence-corrected chi connectivity index (χ1v) is 14.7. The Balaban J connectivity index is 1.51. The number of nitrogens with zero attached hydrogens (tertiary/aromatic N) is 5. The van der Waals surface area contributed by atoms with Crippen LogP contribution in [0, 0.1) is 23.7 Å². The number of amides is 1. The largest absolute Gasteiger partial charge is 0.322 e.